The van der Waals surface area contributed by atoms with Crippen molar-refractivity contribution < 1.29 is 9.90 Å². The van der Waals surface area contributed by atoms with Crippen LogP contribution in [0.4, 0.5) is 10.9 Å². The average molecular weight is 312 g/mol. The number of nitrogens with one attached hydrogen (secondary N) is 1. The highest BCUT2D eigenvalue weighted by atomic mass is 32.1. The Hall–Kier alpha value is -1.34. The molecule has 2 rings (SSSR count). The second kappa shape index (κ2) is 6.19. The van der Waals surface area contributed by atoms with Crippen molar-refractivity contribution in [1.82, 2.24) is 9.88 Å². The minimum absolute atomic E-state index is 0.0838. The molecule has 21 heavy (non-hydrogen) atoms. The summed E-state index contributed by atoms with van der Waals surface area (Å²) in [5, 5.41) is 13.9. The van der Waals surface area contributed by atoms with E-state index >= 15 is 0 Å². The van der Waals surface area contributed by atoms with Crippen molar-refractivity contribution in [2.24, 2.45) is 0 Å². The molecule has 1 fully saturated rings. The fourth-order valence-electron chi connectivity index (χ4n) is 2.40. The number of anilines is 2. The van der Waals surface area contributed by atoms with E-state index in [0.717, 1.165) is 12.8 Å². The van der Waals surface area contributed by atoms with Gasteiger partial charge >= 0.3 is 0 Å². The number of carbonyl (C=O) groups excluding carboxylic acids is 1. The molecule has 1 aromatic rings. The standard InChI is InChI=1S/C14H24N4O2S/c1-9(2)16-13-17-11(15)10(21-13)12(19)18-7-4-5-14(3,20)6-8-18/h9,20H,4-8,15H2,1-3H3,(H,16,17). The molecule has 118 valence electrons. The number of nitrogen functional groups attached to an aromatic ring is 1. The van der Waals surface area contributed by atoms with Gasteiger partial charge in [-0.3, -0.25) is 4.79 Å². The van der Waals surface area contributed by atoms with Gasteiger partial charge in [0.25, 0.3) is 5.91 Å². The number of aromatic nitrogens is 1. The molecule has 1 aromatic heterocycles. The summed E-state index contributed by atoms with van der Waals surface area (Å²) in [7, 11) is 0. The Labute approximate surface area is 129 Å². The minimum atomic E-state index is -0.682. The van der Waals surface area contributed by atoms with Gasteiger partial charge in [0.15, 0.2) is 5.13 Å². The quantitative estimate of drug-likeness (QED) is 0.793. The first kappa shape index (κ1) is 16.0. The number of amides is 1. The summed E-state index contributed by atoms with van der Waals surface area (Å²) in [6, 6.07) is 0.242. The molecule has 4 N–H and O–H groups in total. The third-order valence-electron chi connectivity index (χ3n) is 3.61. The lowest BCUT2D eigenvalue weighted by Crippen LogP contribution is -2.33. The second-order valence-electron chi connectivity index (χ2n) is 6.18. The van der Waals surface area contributed by atoms with E-state index in [1.165, 1.54) is 11.3 Å². The Kier molecular flexibility index (Phi) is 4.73. The molecule has 1 amide bonds. The first-order valence-corrected chi connectivity index (χ1v) is 8.14. The molecule has 0 spiro atoms. The second-order valence-corrected chi connectivity index (χ2v) is 7.17. The van der Waals surface area contributed by atoms with Crippen LogP contribution in [0.3, 0.4) is 0 Å². The maximum atomic E-state index is 12.6. The van der Waals surface area contributed by atoms with Crippen LogP contribution in [0, 0.1) is 0 Å². The maximum Gasteiger partial charge on any atom is 0.267 e. The monoisotopic (exact) mass is 312 g/mol. The van der Waals surface area contributed by atoms with Gasteiger partial charge in [-0.2, -0.15) is 0 Å². The number of carbonyl (C=O) groups is 1. The number of thiazole rings is 1. The zero-order valence-corrected chi connectivity index (χ0v) is 13.7. The summed E-state index contributed by atoms with van der Waals surface area (Å²) in [6.07, 6.45) is 2.11. The number of nitrogens with zero attached hydrogens (tertiary/aromatic N) is 2. The highest BCUT2D eigenvalue weighted by Crippen LogP contribution is 2.29. The Morgan fingerprint density at radius 2 is 2.19 bits per heavy atom. The first-order chi connectivity index (χ1) is 9.78. The Morgan fingerprint density at radius 1 is 1.48 bits per heavy atom. The van der Waals surface area contributed by atoms with Crippen LogP contribution >= 0.6 is 11.3 Å². The SMILES string of the molecule is CC(C)Nc1nc(N)c(C(=O)N2CCCC(C)(O)CC2)s1. The van der Waals surface area contributed by atoms with Crippen molar-refractivity contribution in [1.29, 1.82) is 0 Å². The molecule has 1 atom stereocenters. The number of hydrogen-bond acceptors (Lipinski definition) is 6. The van der Waals surface area contributed by atoms with Gasteiger partial charge in [0.2, 0.25) is 0 Å². The van der Waals surface area contributed by atoms with Crippen molar-refractivity contribution >= 4 is 28.2 Å². The van der Waals surface area contributed by atoms with Crippen LogP contribution in [-0.2, 0) is 0 Å². The van der Waals surface area contributed by atoms with E-state index in [2.05, 4.69) is 10.3 Å². The van der Waals surface area contributed by atoms with Crippen molar-refractivity contribution in [2.45, 2.75) is 51.7 Å². The van der Waals surface area contributed by atoms with Crippen molar-refractivity contribution in [3.8, 4) is 0 Å². The molecule has 0 bridgehead atoms. The summed E-state index contributed by atoms with van der Waals surface area (Å²) in [4.78, 5) is 19.1. The van der Waals surface area contributed by atoms with E-state index in [0.29, 0.717) is 29.5 Å². The van der Waals surface area contributed by atoms with E-state index in [1.54, 1.807) is 4.90 Å². The Balaban J connectivity index is 2.11. The highest BCUT2D eigenvalue weighted by Gasteiger charge is 2.29. The van der Waals surface area contributed by atoms with Crippen LogP contribution in [0.2, 0.25) is 0 Å². The van der Waals surface area contributed by atoms with Gasteiger partial charge in [0.1, 0.15) is 10.7 Å². The molecule has 6 nitrogen and oxygen atoms in total. The molecule has 0 aromatic carbocycles. The number of hydrogen-bond donors (Lipinski definition) is 3. The maximum absolute atomic E-state index is 12.6. The van der Waals surface area contributed by atoms with E-state index in [4.69, 9.17) is 5.73 Å². The van der Waals surface area contributed by atoms with E-state index < -0.39 is 5.60 Å². The van der Waals surface area contributed by atoms with Crippen LogP contribution < -0.4 is 11.1 Å². The summed E-state index contributed by atoms with van der Waals surface area (Å²) < 4.78 is 0. The zero-order valence-electron chi connectivity index (χ0n) is 12.8. The van der Waals surface area contributed by atoms with Crippen LogP contribution in [0.25, 0.3) is 0 Å². The van der Waals surface area contributed by atoms with Crippen molar-refractivity contribution in [2.75, 3.05) is 24.1 Å². The molecule has 0 saturated carbocycles. The third-order valence-corrected chi connectivity index (χ3v) is 4.60. The topological polar surface area (TPSA) is 91.5 Å². The van der Waals surface area contributed by atoms with Gasteiger partial charge in [0.05, 0.1) is 5.60 Å². The van der Waals surface area contributed by atoms with Crippen LogP contribution in [-0.4, -0.2) is 45.6 Å². The first-order valence-electron chi connectivity index (χ1n) is 7.33. The smallest absolute Gasteiger partial charge is 0.267 e. The van der Waals surface area contributed by atoms with Gasteiger partial charge in [-0.1, -0.05) is 11.3 Å². The van der Waals surface area contributed by atoms with Gasteiger partial charge in [-0.25, -0.2) is 4.98 Å². The van der Waals surface area contributed by atoms with Crippen molar-refractivity contribution in [3.63, 3.8) is 0 Å². The predicted octanol–water partition coefficient (Wildman–Crippen LogP) is 1.92. The zero-order chi connectivity index (χ0) is 15.6. The van der Waals surface area contributed by atoms with E-state index in [-0.39, 0.29) is 17.8 Å². The number of rotatable bonds is 3. The molecule has 2 heterocycles. The average Bonchev–Trinajstić information content (AvgIpc) is 2.61. The van der Waals surface area contributed by atoms with Gasteiger partial charge in [-0.05, 0) is 40.0 Å². The van der Waals surface area contributed by atoms with Gasteiger partial charge in [0, 0.05) is 19.1 Å². The van der Waals surface area contributed by atoms with Crippen LogP contribution in [0.5, 0.6) is 0 Å². The van der Waals surface area contributed by atoms with E-state index in [1.807, 2.05) is 20.8 Å². The normalized spacial score (nSPS) is 23.2. The lowest BCUT2D eigenvalue weighted by atomic mass is 9.98. The predicted molar refractivity (Wildman–Crippen MR) is 85.7 cm³/mol. The number of likely N-dealkylation sites (tertiary alicyclic amines) is 1. The lowest BCUT2D eigenvalue weighted by molar-refractivity contribution is 0.0438. The minimum Gasteiger partial charge on any atom is -0.390 e. The number of nitrogens with two attached hydrogens (primary N) is 1. The fraction of sp³-hybridized carbons (Fsp3) is 0.714. The lowest BCUT2D eigenvalue weighted by Gasteiger charge is -2.22. The van der Waals surface area contributed by atoms with E-state index in [9.17, 15) is 9.90 Å². The fourth-order valence-corrected chi connectivity index (χ4v) is 3.40. The van der Waals surface area contributed by atoms with Gasteiger partial charge < -0.3 is 21.1 Å². The molecule has 1 unspecified atom stereocenters. The summed E-state index contributed by atoms with van der Waals surface area (Å²) >= 11 is 1.30. The Morgan fingerprint density at radius 3 is 2.86 bits per heavy atom. The molecule has 1 aliphatic heterocycles. The summed E-state index contributed by atoms with van der Waals surface area (Å²) in [5.74, 6) is 0.198. The molecule has 7 heteroatoms. The third kappa shape index (κ3) is 4.07. The molecule has 1 saturated heterocycles. The highest BCUT2D eigenvalue weighted by molar-refractivity contribution is 7.18. The number of aliphatic hydroxyl groups is 1. The largest absolute Gasteiger partial charge is 0.390 e. The van der Waals surface area contributed by atoms with Crippen LogP contribution in [0.1, 0.15) is 49.7 Å². The van der Waals surface area contributed by atoms with Crippen molar-refractivity contribution in [3.05, 3.63) is 4.88 Å². The molecule has 0 radical (unpaired) electrons. The molecular weight excluding hydrogens is 288 g/mol. The van der Waals surface area contributed by atoms with Gasteiger partial charge in [-0.15, -0.1) is 0 Å². The van der Waals surface area contributed by atoms with Crippen LogP contribution in [0.15, 0.2) is 0 Å². The molecular formula is C14H24N4O2S. The Bertz CT molecular complexity index is 513. The summed E-state index contributed by atoms with van der Waals surface area (Å²) in [5.41, 5.74) is 5.20. The molecule has 1 aliphatic rings. The molecule has 0 aliphatic carbocycles. The summed E-state index contributed by atoms with van der Waals surface area (Å²) in [6.45, 7) is 7.05.